The topological polar surface area (TPSA) is 38.7 Å². The number of alkyl halides is 1. The van der Waals surface area contributed by atoms with Gasteiger partial charge in [-0.25, -0.2) is 0 Å². The van der Waals surface area contributed by atoms with Crippen LogP contribution < -0.4 is 0 Å². The molecule has 3 rings (SSSR count). The Balaban J connectivity index is 2.19. The van der Waals surface area contributed by atoms with Crippen LogP contribution in [0.5, 0.6) is 0 Å². The third-order valence-corrected chi connectivity index (χ3v) is 3.70. The van der Waals surface area contributed by atoms with Crippen LogP contribution in [0.4, 0.5) is 0 Å². The van der Waals surface area contributed by atoms with E-state index in [4.69, 9.17) is 0 Å². The molecule has 0 saturated carbocycles. The van der Waals surface area contributed by atoms with Crippen LogP contribution >= 0.6 is 15.9 Å². The normalized spacial score (nSPS) is 10.4. The number of hydrogen-bond acceptors (Lipinski definition) is 3. The molecule has 0 aliphatic carbocycles. The first kappa shape index (κ1) is 12.9. The van der Waals surface area contributed by atoms with Crippen LogP contribution in [0.2, 0.25) is 0 Å². The number of pyridine rings is 3. The second-order valence-electron chi connectivity index (χ2n) is 4.33. The Morgan fingerprint density at radius 3 is 1.70 bits per heavy atom. The highest BCUT2D eigenvalue weighted by atomic mass is 79.9. The molecule has 0 unspecified atom stereocenters. The molecule has 0 radical (unpaired) electrons. The maximum atomic E-state index is 4.37. The van der Waals surface area contributed by atoms with E-state index in [9.17, 15) is 0 Å². The second-order valence-corrected chi connectivity index (χ2v) is 4.89. The predicted molar refractivity (Wildman–Crippen MR) is 83.3 cm³/mol. The third-order valence-electron chi connectivity index (χ3n) is 3.14. The summed E-state index contributed by atoms with van der Waals surface area (Å²) in [7, 11) is 0. The fourth-order valence-electron chi connectivity index (χ4n) is 2.17. The zero-order valence-corrected chi connectivity index (χ0v) is 12.3. The highest BCUT2D eigenvalue weighted by Gasteiger charge is 2.11. The molecule has 0 bridgehead atoms. The molecule has 0 amide bonds. The molecule has 3 nitrogen and oxygen atoms in total. The van der Waals surface area contributed by atoms with E-state index in [0.29, 0.717) is 0 Å². The molecule has 20 heavy (non-hydrogen) atoms. The molecule has 0 atom stereocenters. The molecule has 3 aromatic rings. The SMILES string of the molecule is BrCc1c(-c2cccnc2)cncc1-c1cccnc1. The largest absolute Gasteiger partial charge is 0.264 e. The first-order valence-electron chi connectivity index (χ1n) is 6.24. The lowest BCUT2D eigenvalue weighted by atomic mass is 9.97. The van der Waals surface area contributed by atoms with Gasteiger partial charge in [-0.2, -0.15) is 0 Å². The number of hydrogen-bond donors (Lipinski definition) is 0. The van der Waals surface area contributed by atoms with Gasteiger partial charge in [0, 0.05) is 64.8 Å². The van der Waals surface area contributed by atoms with E-state index in [1.54, 1.807) is 12.4 Å². The first-order chi connectivity index (χ1) is 9.90. The van der Waals surface area contributed by atoms with Gasteiger partial charge in [0.15, 0.2) is 0 Å². The number of halogens is 1. The summed E-state index contributed by atoms with van der Waals surface area (Å²) in [5.41, 5.74) is 5.52. The van der Waals surface area contributed by atoms with Gasteiger partial charge in [0.25, 0.3) is 0 Å². The fraction of sp³-hybridized carbons (Fsp3) is 0.0625. The van der Waals surface area contributed by atoms with Crippen molar-refractivity contribution in [1.29, 1.82) is 0 Å². The number of aromatic nitrogens is 3. The summed E-state index contributed by atoms with van der Waals surface area (Å²) in [6, 6.07) is 7.96. The lowest BCUT2D eigenvalue weighted by Gasteiger charge is -2.12. The molecule has 0 saturated heterocycles. The van der Waals surface area contributed by atoms with Crippen LogP contribution in [0.3, 0.4) is 0 Å². The van der Waals surface area contributed by atoms with Crippen molar-refractivity contribution in [2.24, 2.45) is 0 Å². The van der Waals surface area contributed by atoms with Crippen LogP contribution in [0.15, 0.2) is 61.4 Å². The third kappa shape index (κ3) is 2.47. The fourth-order valence-corrected chi connectivity index (χ4v) is 2.78. The highest BCUT2D eigenvalue weighted by Crippen LogP contribution is 2.32. The summed E-state index contributed by atoms with van der Waals surface area (Å²) in [5, 5.41) is 0.754. The van der Waals surface area contributed by atoms with Crippen molar-refractivity contribution in [2.75, 3.05) is 0 Å². The van der Waals surface area contributed by atoms with Gasteiger partial charge in [0.05, 0.1) is 0 Å². The van der Waals surface area contributed by atoms with Gasteiger partial charge in [0.1, 0.15) is 0 Å². The Bertz CT molecular complexity index is 642. The lowest BCUT2D eigenvalue weighted by molar-refractivity contribution is 1.25. The van der Waals surface area contributed by atoms with E-state index in [2.05, 4.69) is 30.9 Å². The van der Waals surface area contributed by atoms with Gasteiger partial charge in [-0.15, -0.1) is 0 Å². The van der Waals surface area contributed by atoms with Crippen LogP contribution in [0.1, 0.15) is 5.56 Å². The number of nitrogens with zero attached hydrogens (tertiary/aromatic N) is 3. The van der Waals surface area contributed by atoms with Crippen LogP contribution in [-0.4, -0.2) is 15.0 Å². The van der Waals surface area contributed by atoms with Gasteiger partial charge in [-0.05, 0) is 17.7 Å². The van der Waals surface area contributed by atoms with Crippen molar-refractivity contribution in [3.8, 4) is 22.3 Å². The summed E-state index contributed by atoms with van der Waals surface area (Å²) in [4.78, 5) is 12.7. The Morgan fingerprint density at radius 2 is 1.30 bits per heavy atom. The summed E-state index contributed by atoms with van der Waals surface area (Å²) in [6.45, 7) is 0. The van der Waals surface area contributed by atoms with Crippen molar-refractivity contribution in [2.45, 2.75) is 5.33 Å². The van der Waals surface area contributed by atoms with Gasteiger partial charge in [-0.1, -0.05) is 28.1 Å². The zero-order chi connectivity index (χ0) is 13.8. The van der Waals surface area contributed by atoms with E-state index >= 15 is 0 Å². The standard InChI is InChI=1S/C16H12BrN3/c17-7-14-15(12-3-1-5-18-8-12)10-20-11-16(14)13-4-2-6-19-9-13/h1-6,8-11H,7H2. The molecule has 98 valence electrons. The average molecular weight is 326 g/mol. The molecular weight excluding hydrogens is 314 g/mol. The summed E-state index contributed by atoms with van der Waals surface area (Å²) >= 11 is 3.59. The molecule has 0 spiro atoms. The maximum Gasteiger partial charge on any atom is 0.0350 e. The average Bonchev–Trinajstić information content (AvgIpc) is 2.55. The second kappa shape index (κ2) is 5.92. The number of rotatable bonds is 3. The Morgan fingerprint density at radius 1 is 0.750 bits per heavy atom. The summed E-state index contributed by atoms with van der Waals surface area (Å²) in [5.74, 6) is 0. The minimum absolute atomic E-state index is 0.754. The molecule has 3 heterocycles. The molecular formula is C16H12BrN3. The van der Waals surface area contributed by atoms with E-state index < -0.39 is 0 Å². The minimum atomic E-state index is 0.754. The van der Waals surface area contributed by atoms with Gasteiger partial charge in [0.2, 0.25) is 0 Å². The molecule has 0 N–H and O–H groups in total. The molecule has 3 aromatic heterocycles. The molecule has 0 aliphatic rings. The lowest BCUT2D eigenvalue weighted by Crippen LogP contribution is -1.94. The maximum absolute atomic E-state index is 4.37. The Hall–Kier alpha value is -2.07. The smallest absolute Gasteiger partial charge is 0.0350 e. The summed E-state index contributed by atoms with van der Waals surface area (Å²) in [6.07, 6.45) is 11.0. The van der Waals surface area contributed by atoms with Crippen LogP contribution in [0.25, 0.3) is 22.3 Å². The molecule has 0 fully saturated rings. The van der Waals surface area contributed by atoms with E-state index in [0.717, 1.165) is 27.6 Å². The first-order valence-corrected chi connectivity index (χ1v) is 7.36. The Kier molecular flexibility index (Phi) is 3.83. The molecule has 4 heteroatoms. The van der Waals surface area contributed by atoms with Crippen molar-refractivity contribution in [3.05, 3.63) is 67.0 Å². The van der Waals surface area contributed by atoms with E-state index in [1.807, 2.05) is 49.1 Å². The highest BCUT2D eigenvalue weighted by molar-refractivity contribution is 9.08. The van der Waals surface area contributed by atoms with Gasteiger partial charge >= 0.3 is 0 Å². The summed E-state index contributed by atoms with van der Waals surface area (Å²) < 4.78 is 0. The van der Waals surface area contributed by atoms with Crippen molar-refractivity contribution < 1.29 is 0 Å². The molecule has 0 aliphatic heterocycles. The predicted octanol–water partition coefficient (Wildman–Crippen LogP) is 4.10. The van der Waals surface area contributed by atoms with Crippen LogP contribution in [0, 0.1) is 0 Å². The monoisotopic (exact) mass is 325 g/mol. The van der Waals surface area contributed by atoms with Crippen LogP contribution in [-0.2, 0) is 5.33 Å². The van der Waals surface area contributed by atoms with Gasteiger partial charge < -0.3 is 0 Å². The van der Waals surface area contributed by atoms with Crippen molar-refractivity contribution in [1.82, 2.24) is 15.0 Å². The van der Waals surface area contributed by atoms with Gasteiger partial charge in [-0.3, -0.25) is 15.0 Å². The van der Waals surface area contributed by atoms with Crippen molar-refractivity contribution in [3.63, 3.8) is 0 Å². The Labute approximate surface area is 125 Å². The van der Waals surface area contributed by atoms with Crippen molar-refractivity contribution >= 4 is 15.9 Å². The zero-order valence-electron chi connectivity index (χ0n) is 10.7. The quantitative estimate of drug-likeness (QED) is 0.680. The van der Waals surface area contributed by atoms with E-state index in [1.165, 1.54) is 5.56 Å². The van der Waals surface area contributed by atoms with E-state index in [-0.39, 0.29) is 0 Å². The molecule has 0 aromatic carbocycles. The minimum Gasteiger partial charge on any atom is -0.264 e.